The van der Waals surface area contributed by atoms with Gasteiger partial charge in [-0.05, 0) is 62.2 Å². The maximum atomic E-state index is 12.8. The van der Waals surface area contributed by atoms with Crippen LogP contribution in [-0.4, -0.2) is 100 Å². The molecule has 0 bridgehead atoms. The van der Waals surface area contributed by atoms with Gasteiger partial charge in [-0.2, -0.15) is 35.3 Å². The standard InChI is InChI=1S/C19H36N4O6S3/c1-11(24)15(23-16(25)12(20)5-8-30-2)18(27)21-13(6-9-31-3)17(26)22-14(19(28)29)7-10-32-4/h11-15,24H,5-10,20H2,1-4H3,(H,21,27)(H,22,26)(H,23,25)(H,28,29). The summed E-state index contributed by atoms with van der Waals surface area (Å²) in [4.78, 5) is 49.3. The van der Waals surface area contributed by atoms with Crippen molar-refractivity contribution in [3.05, 3.63) is 0 Å². The number of aliphatic hydroxyl groups is 1. The first-order valence-electron chi connectivity index (χ1n) is 10.1. The lowest BCUT2D eigenvalue weighted by Crippen LogP contribution is -2.59. The molecule has 0 aromatic heterocycles. The average molecular weight is 513 g/mol. The molecule has 0 saturated heterocycles. The predicted molar refractivity (Wildman–Crippen MR) is 132 cm³/mol. The number of amides is 3. The van der Waals surface area contributed by atoms with Gasteiger partial charge in [0.25, 0.3) is 0 Å². The fourth-order valence-corrected chi connectivity index (χ4v) is 4.01. The number of rotatable bonds is 17. The molecule has 0 aliphatic heterocycles. The van der Waals surface area contributed by atoms with Crippen LogP contribution in [-0.2, 0) is 19.2 Å². The van der Waals surface area contributed by atoms with Gasteiger partial charge in [0.15, 0.2) is 0 Å². The van der Waals surface area contributed by atoms with E-state index in [9.17, 15) is 29.4 Å². The van der Waals surface area contributed by atoms with Crippen molar-refractivity contribution < 1.29 is 29.4 Å². The molecular weight excluding hydrogens is 476 g/mol. The summed E-state index contributed by atoms with van der Waals surface area (Å²) in [6.07, 6.45) is 5.22. The average Bonchev–Trinajstić information content (AvgIpc) is 2.74. The molecule has 0 aromatic carbocycles. The van der Waals surface area contributed by atoms with E-state index in [1.807, 2.05) is 18.8 Å². The summed E-state index contributed by atoms with van der Waals surface area (Å²) in [6.45, 7) is 1.35. The molecule has 0 saturated carbocycles. The van der Waals surface area contributed by atoms with E-state index in [0.29, 0.717) is 23.7 Å². The lowest BCUT2D eigenvalue weighted by Gasteiger charge is -2.26. The van der Waals surface area contributed by atoms with Crippen molar-refractivity contribution in [1.29, 1.82) is 0 Å². The molecule has 0 aliphatic rings. The molecule has 0 radical (unpaired) electrons. The van der Waals surface area contributed by atoms with Crippen LogP contribution < -0.4 is 21.7 Å². The van der Waals surface area contributed by atoms with Gasteiger partial charge in [-0.1, -0.05) is 0 Å². The van der Waals surface area contributed by atoms with Crippen LogP contribution in [0, 0.1) is 0 Å². The number of carbonyl (C=O) groups is 4. The third-order valence-electron chi connectivity index (χ3n) is 4.50. The first-order chi connectivity index (χ1) is 15.1. The normalized spacial score (nSPS) is 15.7. The fourth-order valence-electron chi connectivity index (χ4n) is 2.57. The second-order valence-corrected chi connectivity index (χ2v) is 10.1. The van der Waals surface area contributed by atoms with E-state index in [4.69, 9.17) is 5.73 Å². The molecular formula is C19H36N4O6S3. The van der Waals surface area contributed by atoms with Gasteiger partial charge in [0.2, 0.25) is 17.7 Å². The molecule has 5 atom stereocenters. The number of hydrogen-bond acceptors (Lipinski definition) is 9. The number of nitrogens with one attached hydrogen (secondary N) is 3. The second kappa shape index (κ2) is 17.3. The molecule has 0 fully saturated rings. The number of nitrogens with two attached hydrogens (primary N) is 1. The molecule has 5 unspecified atom stereocenters. The molecule has 7 N–H and O–H groups in total. The zero-order valence-corrected chi connectivity index (χ0v) is 21.4. The highest BCUT2D eigenvalue weighted by molar-refractivity contribution is 7.98. The summed E-state index contributed by atoms with van der Waals surface area (Å²) in [6, 6.07) is -4.24. The molecule has 0 aromatic rings. The highest BCUT2D eigenvalue weighted by Crippen LogP contribution is 2.07. The Morgan fingerprint density at radius 2 is 1.25 bits per heavy atom. The highest BCUT2D eigenvalue weighted by atomic mass is 32.2. The smallest absolute Gasteiger partial charge is 0.326 e. The Labute approximate surface area is 202 Å². The number of carboxylic acid groups (broad SMARTS) is 1. The summed E-state index contributed by atoms with van der Waals surface area (Å²) >= 11 is 4.45. The highest BCUT2D eigenvalue weighted by Gasteiger charge is 2.32. The molecule has 32 heavy (non-hydrogen) atoms. The third-order valence-corrected chi connectivity index (χ3v) is 6.43. The van der Waals surface area contributed by atoms with Gasteiger partial charge in [-0.25, -0.2) is 4.79 Å². The number of carboxylic acids is 1. The Morgan fingerprint density at radius 1 is 0.781 bits per heavy atom. The SMILES string of the molecule is CSCCC(N)C(=O)NC(C(=O)NC(CCSC)C(=O)NC(CCSC)C(=O)O)C(C)O. The van der Waals surface area contributed by atoms with Crippen LogP contribution in [0.4, 0.5) is 0 Å². The van der Waals surface area contributed by atoms with Crippen molar-refractivity contribution in [2.24, 2.45) is 5.73 Å². The second-order valence-electron chi connectivity index (χ2n) is 7.14. The van der Waals surface area contributed by atoms with E-state index >= 15 is 0 Å². The van der Waals surface area contributed by atoms with Gasteiger partial charge < -0.3 is 31.9 Å². The summed E-state index contributed by atoms with van der Waals surface area (Å²) in [5, 5.41) is 26.8. The van der Waals surface area contributed by atoms with E-state index in [-0.39, 0.29) is 12.8 Å². The van der Waals surface area contributed by atoms with Crippen molar-refractivity contribution in [1.82, 2.24) is 16.0 Å². The Kier molecular flexibility index (Phi) is 16.7. The van der Waals surface area contributed by atoms with Gasteiger partial charge in [0, 0.05) is 0 Å². The first-order valence-corrected chi connectivity index (χ1v) is 14.3. The van der Waals surface area contributed by atoms with Gasteiger partial charge >= 0.3 is 5.97 Å². The zero-order valence-electron chi connectivity index (χ0n) is 19.0. The molecule has 0 aliphatic carbocycles. The summed E-state index contributed by atoms with van der Waals surface area (Å²) < 4.78 is 0. The number of thioether (sulfide) groups is 3. The Bertz CT molecular complexity index is 612. The lowest BCUT2D eigenvalue weighted by atomic mass is 10.1. The van der Waals surface area contributed by atoms with Crippen LogP contribution in [0.2, 0.25) is 0 Å². The van der Waals surface area contributed by atoms with Gasteiger partial charge in [-0.3, -0.25) is 14.4 Å². The van der Waals surface area contributed by atoms with E-state index in [2.05, 4.69) is 16.0 Å². The monoisotopic (exact) mass is 512 g/mol. The Hall–Kier alpha value is -1.15. The van der Waals surface area contributed by atoms with Crippen molar-refractivity contribution in [2.45, 2.75) is 56.5 Å². The molecule has 186 valence electrons. The lowest BCUT2D eigenvalue weighted by molar-refractivity contribution is -0.142. The largest absolute Gasteiger partial charge is 0.480 e. The van der Waals surface area contributed by atoms with Crippen LogP contribution >= 0.6 is 35.3 Å². The number of carbonyl (C=O) groups excluding carboxylic acids is 3. The summed E-state index contributed by atoms with van der Waals surface area (Å²) in [5.74, 6) is -1.36. The molecule has 10 nitrogen and oxygen atoms in total. The Morgan fingerprint density at radius 3 is 1.72 bits per heavy atom. The molecule has 0 rings (SSSR count). The van der Waals surface area contributed by atoms with Gasteiger partial charge in [-0.15, -0.1) is 0 Å². The van der Waals surface area contributed by atoms with E-state index in [1.54, 1.807) is 0 Å². The molecule has 3 amide bonds. The predicted octanol–water partition coefficient (Wildman–Crippen LogP) is -0.507. The van der Waals surface area contributed by atoms with Crippen molar-refractivity contribution >= 4 is 59.0 Å². The quantitative estimate of drug-likeness (QED) is 0.149. The minimum absolute atomic E-state index is 0.242. The van der Waals surface area contributed by atoms with Crippen LogP contribution in [0.1, 0.15) is 26.2 Å². The Balaban J connectivity index is 5.29. The van der Waals surface area contributed by atoms with Crippen LogP contribution in [0.3, 0.4) is 0 Å². The maximum Gasteiger partial charge on any atom is 0.326 e. The van der Waals surface area contributed by atoms with Crippen LogP contribution in [0.5, 0.6) is 0 Å². The first kappa shape index (κ1) is 30.9. The van der Waals surface area contributed by atoms with E-state index in [0.717, 1.165) is 0 Å². The summed E-state index contributed by atoms with van der Waals surface area (Å²) in [7, 11) is 0. The zero-order chi connectivity index (χ0) is 24.7. The topological polar surface area (TPSA) is 171 Å². The maximum absolute atomic E-state index is 12.8. The summed E-state index contributed by atoms with van der Waals surface area (Å²) in [5.41, 5.74) is 5.83. The van der Waals surface area contributed by atoms with E-state index < -0.39 is 54.0 Å². The van der Waals surface area contributed by atoms with Crippen molar-refractivity contribution in [2.75, 3.05) is 36.0 Å². The third kappa shape index (κ3) is 12.2. The minimum atomic E-state index is -1.31. The molecule has 0 spiro atoms. The number of hydrogen-bond donors (Lipinski definition) is 6. The van der Waals surface area contributed by atoms with Gasteiger partial charge in [0.05, 0.1) is 12.1 Å². The van der Waals surface area contributed by atoms with Gasteiger partial charge in [0.1, 0.15) is 18.1 Å². The van der Waals surface area contributed by atoms with Crippen molar-refractivity contribution in [3.63, 3.8) is 0 Å². The molecule has 13 heteroatoms. The molecule has 0 heterocycles. The minimum Gasteiger partial charge on any atom is -0.480 e. The van der Waals surface area contributed by atoms with E-state index in [1.165, 1.54) is 42.2 Å². The van der Waals surface area contributed by atoms with Crippen LogP contribution in [0.15, 0.2) is 0 Å². The van der Waals surface area contributed by atoms with Crippen LogP contribution in [0.25, 0.3) is 0 Å². The fraction of sp³-hybridized carbons (Fsp3) is 0.789. The number of aliphatic carboxylic acids is 1. The van der Waals surface area contributed by atoms with Crippen molar-refractivity contribution in [3.8, 4) is 0 Å². The number of aliphatic hydroxyl groups excluding tert-OH is 1.